The Morgan fingerprint density at radius 1 is 1.24 bits per heavy atom. The van der Waals surface area contributed by atoms with Crippen LogP contribution in [-0.4, -0.2) is 10.9 Å². The molecule has 106 valence electrons. The Morgan fingerprint density at radius 3 is 2.81 bits per heavy atom. The lowest BCUT2D eigenvalue weighted by Crippen LogP contribution is -2.23. The predicted molar refractivity (Wildman–Crippen MR) is 85.1 cm³/mol. The van der Waals surface area contributed by atoms with Gasteiger partial charge in [0.15, 0.2) is 0 Å². The third-order valence-corrected chi connectivity index (χ3v) is 4.16. The van der Waals surface area contributed by atoms with E-state index in [1.54, 1.807) is 6.20 Å². The van der Waals surface area contributed by atoms with Gasteiger partial charge in [0, 0.05) is 34.8 Å². The minimum Gasteiger partial charge on any atom is -0.326 e. The Morgan fingerprint density at radius 2 is 2.00 bits per heavy atom. The Balaban J connectivity index is 2.30. The van der Waals surface area contributed by atoms with Crippen LogP contribution < -0.4 is 5.32 Å². The molecule has 1 aromatic heterocycles. The molecule has 1 atom stereocenters. The molecule has 0 saturated heterocycles. The monoisotopic (exact) mass is 278 g/mol. The number of hydrogen-bond donors (Lipinski definition) is 1. The molecule has 2 heterocycles. The van der Waals surface area contributed by atoms with Gasteiger partial charge in [0.05, 0.1) is 5.69 Å². The van der Waals surface area contributed by atoms with Crippen molar-refractivity contribution in [1.29, 1.82) is 0 Å². The summed E-state index contributed by atoms with van der Waals surface area (Å²) in [6.07, 6.45) is 4.85. The summed E-state index contributed by atoms with van der Waals surface area (Å²) in [5.74, 6) is 0.0309. The van der Waals surface area contributed by atoms with Gasteiger partial charge >= 0.3 is 0 Å². The van der Waals surface area contributed by atoms with Gasteiger partial charge in [-0.1, -0.05) is 37.3 Å². The van der Waals surface area contributed by atoms with Crippen LogP contribution in [0.3, 0.4) is 0 Å². The molecule has 0 aliphatic carbocycles. The zero-order valence-corrected chi connectivity index (χ0v) is 12.1. The van der Waals surface area contributed by atoms with Gasteiger partial charge in [-0.05, 0) is 18.6 Å². The van der Waals surface area contributed by atoms with Crippen LogP contribution in [-0.2, 0) is 10.2 Å². The standard InChI is InChI=1S/C18H18N2O/c1-3-18(2)11-10-16(21)20-15-9-5-4-7-13(15)14-8-6-12-19-17(14)18/h3-9,12H,1,10-11H2,2H3,(H,20,21). The van der Waals surface area contributed by atoms with Gasteiger partial charge in [0.2, 0.25) is 5.91 Å². The third kappa shape index (κ3) is 2.35. The van der Waals surface area contributed by atoms with Crippen molar-refractivity contribution in [3.05, 3.63) is 60.9 Å². The number of amides is 1. The summed E-state index contributed by atoms with van der Waals surface area (Å²) < 4.78 is 0. The van der Waals surface area contributed by atoms with E-state index in [2.05, 4.69) is 29.9 Å². The summed E-state index contributed by atoms with van der Waals surface area (Å²) in [6.45, 7) is 6.06. The lowest BCUT2D eigenvalue weighted by molar-refractivity contribution is -0.116. The fraction of sp³-hybridized carbons (Fsp3) is 0.222. The van der Waals surface area contributed by atoms with Crippen molar-refractivity contribution in [3.63, 3.8) is 0 Å². The lowest BCUT2D eigenvalue weighted by Gasteiger charge is -2.26. The van der Waals surface area contributed by atoms with Gasteiger partial charge < -0.3 is 5.32 Å². The van der Waals surface area contributed by atoms with Gasteiger partial charge in [-0.2, -0.15) is 0 Å². The first-order chi connectivity index (χ1) is 10.1. The van der Waals surface area contributed by atoms with Crippen LogP contribution in [0, 0.1) is 0 Å². The zero-order chi connectivity index (χ0) is 14.9. The minimum atomic E-state index is -0.314. The highest BCUT2D eigenvalue weighted by Crippen LogP contribution is 2.39. The fourth-order valence-corrected chi connectivity index (χ4v) is 2.81. The summed E-state index contributed by atoms with van der Waals surface area (Å²) in [4.78, 5) is 16.7. The molecule has 0 spiro atoms. The molecule has 0 saturated carbocycles. The number of carbonyl (C=O) groups excluding carboxylic acids is 1. The molecule has 21 heavy (non-hydrogen) atoms. The van der Waals surface area contributed by atoms with E-state index in [-0.39, 0.29) is 11.3 Å². The Hall–Kier alpha value is -2.42. The molecular weight excluding hydrogens is 260 g/mol. The van der Waals surface area contributed by atoms with Crippen LogP contribution in [0.25, 0.3) is 11.1 Å². The number of benzene rings is 1. The first-order valence-electron chi connectivity index (χ1n) is 7.12. The molecule has 1 amide bonds. The van der Waals surface area contributed by atoms with Crippen molar-refractivity contribution in [2.45, 2.75) is 25.2 Å². The molecule has 1 aliphatic heterocycles. The molecule has 0 bridgehead atoms. The van der Waals surface area contributed by atoms with E-state index in [1.165, 1.54) is 0 Å². The number of nitrogens with zero attached hydrogens (tertiary/aromatic N) is 1. The van der Waals surface area contributed by atoms with E-state index in [0.29, 0.717) is 12.8 Å². The molecule has 0 radical (unpaired) electrons. The van der Waals surface area contributed by atoms with E-state index in [9.17, 15) is 4.79 Å². The van der Waals surface area contributed by atoms with Gasteiger partial charge in [-0.15, -0.1) is 6.58 Å². The van der Waals surface area contributed by atoms with Crippen molar-refractivity contribution in [2.75, 3.05) is 5.32 Å². The molecule has 3 heteroatoms. The van der Waals surface area contributed by atoms with Crippen LogP contribution in [0.2, 0.25) is 0 Å². The number of anilines is 1. The first kappa shape index (κ1) is 13.6. The predicted octanol–water partition coefficient (Wildman–Crippen LogP) is 3.92. The molecule has 2 aromatic rings. The molecule has 3 rings (SSSR count). The van der Waals surface area contributed by atoms with Gasteiger partial charge in [0.1, 0.15) is 0 Å². The number of carbonyl (C=O) groups is 1. The molecule has 1 aliphatic rings. The SMILES string of the molecule is C=CC1(C)CCC(=O)Nc2ccccc2-c2cccnc21. The normalized spacial score (nSPS) is 21.1. The number of fused-ring (bicyclic) bond motifs is 3. The quantitative estimate of drug-likeness (QED) is 0.803. The number of rotatable bonds is 1. The van der Waals surface area contributed by atoms with Gasteiger partial charge in [-0.25, -0.2) is 0 Å². The Kier molecular flexibility index (Phi) is 3.34. The van der Waals surface area contributed by atoms with Crippen molar-refractivity contribution in [3.8, 4) is 11.1 Å². The lowest BCUT2D eigenvalue weighted by atomic mass is 9.79. The van der Waals surface area contributed by atoms with Crippen molar-refractivity contribution in [1.82, 2.24) is 4.98 Å². The maximum absolute atomic E-state index is 12.1. The maximum Gasteiger partial charge on any atom is 0.224 e. The number of aromatic nitrogens is 1. The van der Waals surface area contributed by atoms with E-state index in [0.717, 1.165) is 22.5 Å². The average Bonchev–Trinajstić information content (AvgIpc) is 2.57. The molecule has 1 unspecified atom stereocenters. The molecule has 1 N–H and O–H groups in total. The largest absolute Gasteiger partial charge is 0.326 e. The number of para-hydroxylation sites is 1. The van der Waals surface area contributed by atoms with Crippen LogP contribution in [0.15, 0.2) is 55.3 Å². The summed E-state index contributed by atoms with van der Waals surface area (Å²) in [6, 6.07) is 11.8. The van der Waals surface area contributed by atoms with Gasteiger partial charge in [-0.3, -0.25) is 9.78 Å². The van der Waals surface area contributed by atoms with Crippen LogP contribution >= 0.6 is 0 Å². The summed E-state index contributed by atoms with van der Waals surface area (Å²) >= 11 is 0. The summed E-state index contributed by atoms with van der Waals surface area (Å²) in [5, 5.41) is 3.00. The summed E-state index contributed by atoms with van der Waals surface area (Å²) in [5.41, 5.74) is 3.56. The Labute approximate surface area is 124 Å². The zero-order valence-electron chi connectivity index (χ0n) is 12.1. The molecule has 3 nitrogen and oxygen atoms in total. The number of nitrogens with one attached hydrogen (secondary N) is 1. The molecular formula is C18H18N2O. The molecule has 1 aromatic carbocycles. The van der Waals surface area contributed by atoms with E-state index < -0.39 is 0 Å². The highest BCUT2D eigenvalue weighted by Gasteiger charge is 2.30. The van der Waals surface area contributed by atoms with Crippen LogP contribution in [0.5, 0.6) is 0 Å². The van der Waals surface area contributed by atoms with Crippen molar-refractivity contribution >= 4 is 11.6 Å². The summed E-state index contributed by atoms with van der Waals surface area (Å²) in [7, 11) is 0. The van der Waals surface area contributed by atoms with Crippen molar-refractivity contribution < 1.29 is 4.79 Å². The van der Waals surface area contributed by atoms with E-state index in [4.69, 9.17) is 0 Å². The second kappa shape index (κ2) is 5.17. The number of hydrogen-bond acceptors (Lipinski definition) is 2. The fourth-order valence-electron chi connectivity index (χ4n) is 2.81. The average molecular weight is 278 g/mol. The van der Waals surface area contributed by atoms with Crippen molar-refractivity contribution in [2.24, 2.45) is 0 Å². The smallest absolute Gasteiger partial charge is 0.224 e. The van der Waals surface area contributed by atoms with Crippen LogP contribution in [0.4, 0.5) is 5.69 Å². The first-order valence-corrected chi connectivity index (χ1v) is 7.12. The second-order valence-corrected chi connectivity index (χ2v) is 5.61. The Bertz CT molecular complexity index is 708. The van der Waals surface area contributed by atoms with Crippen LogP contribution in [0.1, 0.15) is 25.5 Å². The molecule has 0 fully saturated rings. The minimum absolute atomic E-state index is 0.0309. The number of allylic oxidation sites excluding steroid dienone is 1. The maximum atomic E-state index is 12.1. The topological polar surface area (TPSA) is 42.0 Å². The highest BCUT2D eigenvalue weighted by atomic mass is 16.1. The van der Waals surface area contributed by atoms with Gasteiger partial charge in [0.25, 0.3) is 0 Å². The van der Waals surface area contributed by atoms with E-state index in [1.807, 2.05) is 36.4 Å². The third-order valence-electron chi connectivity index (χ3n) is 4.16. The van der Waals surface area contributed by atoms with E-state index >= 15 is 0 Å². The number of pyridine rings is 1. The second-order valence-electron chi connectivity index (χ2n) is 5.61. The highest BCUT2D eigenvalue weighted by molar-refractivity contribution is 5.96.